The Labute approximate surface area is 359 Å². The van der Waals surface area contributed by atoms with E-state index in [1.54, 1.807) is 18.2 Å². The summed E-state index contributed by atoms with van der Waals surface area (Å²) in [5.41, 5.74) is 0.872. The maximum atomic E-state index is 13.2. The molecule has 22 heteroatoms. The summed E-state index contributed by atoms with van der Waals surface area (Å²) in [5, 5.41) is 13.8. The lowest BCUT2D eigenvalue weighted by Gasteiger charge is -2.27. The Morgan fingerprint density at radius 3 is 1.47 bits per heavy atom. The number of carbonyl (C=O) groups is 7. The van der Waals surface area contributed by atoms with Crippen molar-refractivity contribution in [2.75, 3.05) is 151 Å². The Kier molecular flexibility index (Phi) is 27.0. The summed E-state index contributed by atoms with van der Waals surface area (Å²) in [7, 11) is 0. The number of aliphatic carboxylic acids is 1. The van der Waals surface area contributed by atoms with Gasteiger partial charge in [0.2, 0.25) is 17.6 Å². The van der Waals surface area contributed by atoms with Gasteiger partial charge >= 0.3 is 11.9 Å². The molecule has 22 nitrogen and oxygen atoms in total. The number of carboxylic acid groups (broad SMARTS) is 1. The van der Waals surface area contributed by atoms with Gasteiger partial charge in [0.05, 0.1) is 150 Å². The largest absolute Gasteiger partial charge is 0.476 e. The molecule has 1 saturated heterocycles. The van der Waals surface area contributed by atoms with Gasteiger partial charge < -0.3 is 62.5 Å². The molecular weight excluding hydrogens is 826 g/mol. The highest BCUT2D eigenvalue weighted by molar-refractivity contribution is 6.32. The van der Waals surface area contributed by atoms with E-state index in [2.05, 4.69) is 10.6 Å². The van der Waals surface area contributed by atoms with Crippen molar-refractivity contribution in [2.24, 2.45) is 0 Å². The van der Waals surface area contributed by atoms with E-state index in [1.165, 1.54) is 0 Å². The molecule has 62 heavy (non-hydrogen) atoms. The number of piperidine rings is 1. The molecule has 0 bridgehead atoms. The van der Waals surface area contributed by atoms with Gasteiger partial charge in [-0.2, -0.15) is 0 Å². The van der Waals surface area contributed by atoms with Gasteiger partial charge in [-0.1, -0.05) is 6.07 Å². The number of fused-ring (bicyclic) bond motifs is 1. The van der Waals surface area contributed by atoms with E-state index in [0.29, 0.717) is 138 Å². The van der Waals surface area contributed by atoms with Crippen LogP contribution in [0, 0.1) is 0 Å². The molecule has 3 N–H and O–H groups in total. The predicted molar refractivity (Wildman–Crippen MR) is 213 cm³/mol. The molecule has 348 valence electrons. The van der Waals surface area contributed by atoms with E-state index in [9.17, 15) is 33.6 Å². The first-order valence-electron chi connectivity index (χ1n) is 20.5. The Morgan fingerprint density at radius 1 is 0.597 bits per heavy atom. The van der Waals surface area contributed by atoms with Gasteiger partial charge in [-0.3, -0.25) is 39.0 Å². The second-order valence-corrected chi connectivity index (χ2v) is 13.2. The monoisotopic (exact) mass is 885 g/mol. The molecule has 1 fully saturated rings. The van der Waals surface area contributed by atoms with Gasteiger partial charge in [-0.05, 0) is 18.6 Å². The van der Waals surface area contributed by atoms with Gasteiger partial charge in [0.1, 0.15) is 12.6 Å². The highest BCUT2D eigenvalue weighted by atomic mass is 16.6. The maximum Gasteiger partial charge on any atom is 0.372 e. The molecule has 0 radical (unpaired) electrons. The summed E-state index contributed by atoms with van der Waals surface area (Å²) in [6, 6.07) is 3.86. The molecule has 1 unspecified atom stereocenters. The van der Waals surface area contributed by atoms with Crippen molar-refractivity contribution >= 4 is 47.0 Å². The number of anilines is 1. The Balaban J connectivity index is 0.979. The standard InChI is InChI=1S/C40H59N3O19/c44-33(40(50)51)5-7-35(46)62-29-28-61-27-26-60-25-24-59-23-22-58-21-20-57-19-18-56-17-16-55-15-14-54-13-12-53-11-10-52-9-8-41-31-3-1-2-30-36(31)39(49)43(38(30)48)32-4-6-34(45)42-37(32)47/h1-3,32,41H,4-29H2,(H,50,51)(H,42,45,47). The number of ether oxygens (including phenoxy) is 11. The zero-order valence-corrected chi connectivity index (χ0v) is 34.9. The Bertz CT molecular complexity index is 1550. The lowest BCUT2D eigenvalue weighted by molar-refractivity contribution is -0.151. The zero-order valence-electron chi connectivity index (χ0n) is 34.9. The second-order valence-electron chi connectivity index (χ2n) is 13.2. The van der Waals surface area contributed by atoms with E-state index >= 15 is 0 Å². The summed E-state index contributed by atoms with van der Waals surface area (Å²) in [6.45, 7) is 8.06. The number of hydrogen-bond donors (Lipinski definition) is 3. The number of carboxylic acids is 1. The highest BCUT2D eigenvalue weighted by Gasteiger charge is 2.45. The smallest absolute Gasteiger partial charge is 0.372 e. The minimum Gasteiger partial charge on any atom is -0.476 e. The number of nitrogens with one attached hydrogen (secondary N) is 2. The van der Waals surface area contributed by atoms with Gasteiger partial charge in [-0.25, -0.2) is 4.79 Å². The van der Waals surface area contributed by atoms with Crippen LogP contribution in [-0.2, 0) is 76.1 Å². The first-order valence-corrected chi connectivity index (χ1v) is 20.5. The summed E-state index contributed by atoms with van der Waals surface area (Å²) >= 11 is 0. The van der Waals surface area contributed by atoms with Crippen molar-refractivity contribution in [3.05, 3.63) is 29.3 Å². The van der Waals surface area contributed by atoms with E-state index in [-0.39, 0.29) is 43.6 Å². The maximum absolute atomic E-state index is 13.2. The van der Waals surface area contributed by atoms with Crippen molar-refractivity contribution in [1.82, 2.24) is 10.2 Å². The zero-order chi connectivity index (χ0) is 44.6. The topological polar surface area (TPSA) is 269 Å². The minimum absolute atomic E-state index is 0.00139. The van der Waals surface area contributed by atoms with Crippen molar-refractivity contribution in [3.63, 3.8) is 0 Å². The number of benzene rings is 1. The second kappa shape index (κ2) is 32.2. The fourth-order valence-electron chi connectivity index (χ4n) is 5.61. The molecule has 0 saturated carbocycles. The van der Waals surface area contributed by atoms with Crippen LogP contribution in [0.1, 0.15) is 46.4 Å². The first kappa shape index (κ1) is 51.9. The van der Waals surface area contributed by atoms with Crippen molar-refractivity contribution in [2.45, 2.75) is 31.7 Å². The summed E-state index contributed by atoms with van der Waals surface area (Å²) < 4.78 is 59.4. The summed E-state index contributed by atoms with van der Waals surface area (Å²) in [4.78, 5) is 83.6. The molecule has 3 rings (SSSR count). The predicted octanol–water partition coefficient (Wildman–Crippen LogP) is -0.357. The summed E-state index contributed by atoms with van der Waals surface area (Å²) in [6.07, 6.45) is -0.537. The third kappa shape index (κ3) is 21.1. The average molecular weight is 886 g/mol. The molecule has 4 amide bonds. The quantitative estimate of drug-likeness (QED) is 0.0330. The number of Topliss-reactive ketones (excluding diaryl/α,β-unsaturated/α-hetero) is 1. The van der Waals surface area contributed by atoms with E-state index in [4.69, 9.17) is 57.2 Å². The van der Waals surface area contributed by atoms with Crippen LogP contribution >= 0.6 is 0 Å². The molecule has 1 aromatic rings. The molecule has 2 aliphatic rings. The van der Waals surface area contributed by atoms with Gasteiger partial charge in [0, 0.05) is 25.1 Å². The summed E-state index contributed by atoms with van der Waals surface area (Å²) in [5.74, 6) is -5.48. The Morgan fingerprint density at radius 2 is 1.03 bits per heavy atom. The number of rotatable bonds is 39. The normalized spacial score (nSPS) is 14.9. The van der Waals surface area contributed by atoms with Gasteiger partial charge in [0.15, 0.2) is 0 Å². The van der Waals surface area contributed by atoms with Crippen LogP contribution < -0.4 is 10.6 Å². The fraction of sp³-hybridized carbons (Fsp3) is 0.675. The van der Waals surface area contributed by atoms with Crippen LogP contribution in [0.4, 0.5) is 5.69 Å². The van der Waals surface area contributed by atoms with Crippen LogP contribution in [0.3, 0.4) is 0 Å². The van der Waals surface area contributed by atoms with Gasteiger partial charge in [-0.15, -0.1) is 0 Å². The fourth-order valence-corrected chi connectivity index (χ4v) is 5.61. The van der Waals surface area contributed by atoms with Crippen molar-refractivity contribution < 1.29 is 90.8 Å². The third-order valence-corrected chi connectivity index (χ3v) is 8.66. The SMILES string of the molecule is O=C1CCC(N2C(=O)c3cccc(NCCOCCOCCOCCOCCOCCOCCOCCOCCOCCOCCOC(=O)CCC(=O)C(=O)O)c3C2=O)C(=O)N1. The van der Waals surface area contributed by atoms with Crippen molar-refractivity contribution in [3.8, 4) is 0 Å². The first-order chi connectivity index (χ1) is 30.2. The molecule has 1 aromatic carbocycles. The molecule has 2 heterocycles. The Hall–Kier alpha value is -4.49. The van der Waals surface area contributed by atoms with Crippen LogP contribution in [0.15, 0.2) is 18.2 Å². The lowest BCUT2D eigenvalue weighted by atomic mass is 10.0. The number of hydrogen-bond acceptors (Lipinski definition) is 19. The van der Waals surface area contributed by atoms with Crippen LogP contribution in [0.25, 0.3) is 0 Å². The average Bonchev–Trinajstić information content (AvgIpc) is 3.51. The van der Waals surface area contributed by atoms with Crippen LogP contribution in [0.5, 0.6) is 0 Å². The lowest BCUT2D eigenvalue weighted by Crippen LogP contribution is -2.54. The van der Waals surface area contributed by atoms with Gasteiger partial charge in [0.25, 0.3) is 11.8 Å². The number of carbonyl (C=O) groups excluding carboxylic acids is 6. The molecule has 0 aromatic heterocycles. The van der Waals surface area contributed by atoms with Crippen LogP contribution in [-0.4, -0.2) is 203 Å². The minimum atomic E-state index is -1.57. The van der Waals surface area contributed by atoms with E-state index < -0.39 is 53.8 Å². The molecular formula is C40H59N3O19. The van der Waals surface area contributed by atoms with Crippen molar-refractivity contribution in [1.29, 1.82) is 0 Å². The molecule has 2 aliphatic heterocycles. The number of amides is 4. The number of ketones is 1. The molecule has 0 spiro atoms. The highest BCUT2D eigenvalue weighted by Crippen LogP contribution is 2.32. The number of imide groups is 2. The third-order valence-electron chi connectivity index (χ3n) is 8.66. The molecule has 1 atom stereocenters. The van der Waals surface area contributed by atoms with E-state index in [0.717, 1.165) is 4.90 Å². The molecule has 0 aliphatic carbocycles. The van der Waals surface area contributed by atoms with E-state index in [1.807, 2.05) is 0 Å². The van der Waals surface area contributed by atoms with Crippen LogP contribution in [0.2, 0.25) is 0 Å². The number of nitrogens with zero attached hydrogens (tertiary/aromatic N) is 1. The number of esters is 1.